The second-order valence-electron chi connectivity index (χ2n) is 5.53. The highest BCUT2D eigenvalue weighted by Crippen LogP contribution is 2.40. The molecule has 0 spiro atoms. The molecule has 21 heavy (non-hydrogen) atoms. The molecule has 3 heterocycles. The maximum absolute atomic E-state index is 12.0. The van der Waals surface area contributed by atoms with Crippen LogP contribution in [-0.4, -0.2) is 27.9 Å². The third kappa shape index (κ3) is 2.03. The number of nitrogens with zero attached hydrogens (tertiary/aromatic N) is 4. The van der Waals surface area contributed by atoms with Crippen LogP contribution in [0, 0.1) is 5.92 Å². The van der Waals surface area contributed by atoms with Gasteiger partial charge in [-0.3, -0.25) is 14.8 Å². The molecule has 1 amide bonds. The topological polar surface area (TPSA) is 71.0 Å². The van der Waals surface area contributed by atoms with E-state index in [-0.39, 0.29) is 11.8 Å². The Morgan fingerprint density at radius 3 is 2.86 bits per heavy atom. The van der Waals surface area contributed by atoms with Crippen LogP contribution in [0.5, 0.6) is 0 Å². The largest absolute Gasteiger partial charge is 0.365 e. The monoisotopic (exact) mass is 281 g/mol. The second-order valence-corrected chi connectivity index (χ2v) is 5.53. The minimum absolute atomic E-state index is 0.0641. The molecule has 0 saturated heterocycles. The van der Waals surface area contributed by atoms with Gasteiger partial charge in [-0.25, -0.2) is 4.98 Å². The van der Waals surface area contributed by atoms with Crippen molar-refractivity contribution in [2.24, 2.45) is 5.92 Å². The van der Waals surface area contributed by atoms with Gasteiger partial charge in [0.2, 0.25) is 5.91 Å². The summed E-state index contributed by atoms with van der Waals surface area (Å²) in [5.41, 5.74) is 3.69. The minimum atomic E-state index is 0.0641. The molecule has 6 nitrogen and oxygen atoms in total. The zero-order valence-electron chi connectivity index (χ0n) is 11.7. The molecule has 1 N–H and O–H groups in total. The molecule has 4 rings (SSSR count). The summed E-state index contributed by atoms with van der Waals surface area (Å²) in [6.45, 7) is 0.661. The summed E-state index contributed by atoms with van der Waals surface area (Å²) in [6.07, 6.45) is 7.06. The van der Waals surface area contributed by atoms with Crippen molar-refractivity contribution >= 4 is 17.4 Å². The molecular weight excluding hydrogens is 266 g/mol. The fourth-order valence-corrected chi connectivity index (χ4v) is 2.70. The number of rotatable bonds is 2. The van der Waals surface area contributed by atoms with Crippen molar-refractivity contribution in [2.45, 2.75) is 19.4 Å². The zero-order valence-corrected chi connectivity index (χ0v) is 11.7. The van der Waals surface area contributed by atoms with Crippen molar-refractivity contribution in [1.29, 1.82) is 0 Å². The number of pyridine rings is 1. The van der Waals surface area contributed by atoms with E-state index in [4.69, 9.17) is 0 Å². The Balaban J connectivity index is 1.80. The number of hydrogen-bond donors (Lipinski definition) is 1. The van der Waals surface area contributed by atoms with Gasteiger partial charge in [-0.1, -0.05) is 0 Å². The van der Waals surface area contributed by atoms with Crippen molar-refractivity contribution in [3.8, 4) is 11.3 Å². The van der Waals surface area contributed by atoms with Crippen molar-refractivity contribution in [3.63, 3.8) is 0 Å². The third-order valence-electron chi connectivity index (χ3n) is 3.91. The van der Waals surface area contributed by atoms with E-state index in [1.807, 2.05) is 13.1 Å². The smallest absolute Gasteiger partial charge is 0.228 e. The van der Waals surface area contributed by atoms with E-state index in [1.54, 1.807) is 18.6 Å². The van der Waals surface area contributed by atoms with Gasteiger partial charge in [-0.2, -0.15) is 0 Å². The van der Waals surface area contributed by atoms with Gasteiger partial charge >= 0.3 is 0 Å². The molecule has 1 saturated carbocycles. The van der Waals surface area contributed by atoms with Gasteiger partial charge in [0.25, 0.3) is 0 Å². The lowest BCUT2D eigenvalue weighted by atomic mass is 10.0. The summed E-state index contributed by atoms with van der Waals surface area (Å²) in [5.74, 6) is 0.834. The Bertz CT molecular complexity index is 726. The molecule has 0 unspecified atom stereocenters. The predicted molar refractivity (Wildman–Crippen MR) is 78.7 cm³/mol. The fourth-order valence-electron chi connectivity index (χ4n) is 2.70. The van der Waals surface area contributed by atoms with E-state index in [2.05, 4.69) is 25.2 Å². The fraction of sp³-hybridized carbons (Fsp3) is 0.333. The summed E-state index contributed by atoms with van der Waals surface area (Å²) in [7, 11) is 1.98. The molecule has 106 valence electrons. The van der Waals surface area contributed by atoms with E-state index < -0.39 is 0 Å². The van der Waals surface area contributed by atoms with E-state index in [0.717, 1.165) is 35.5 Å². The van der Waals surface area contributed by atoms with E-state index >= 15 is 0 Å². The summed E-state index contributed by atoms with van der Waals surface area (Å²) in [5, 5.41) is 2.95. The SMILES string of the molecule is CN1Cc2nccnc2-c2ccnc(NC(=O)C3CC3)c21. The number of fused-ring (bicyclic) bond motifs is 3. The number of carbonyl (C=O) groups is 1. The lowest BCUT2D eigenvalue weighted by molar-refractivity contribution is -0.117. The van der Waals surface area contributed by atoms with Crippen molar-refractivity contribution in [3.05, 3.63) is 30.4 Å². The quantitative estimate of drug-likeness (QED) is 0.909. The van der Waals surface area contributed by atoms with Gasteiger partial charge in [0.1, 0.15) is 0 Å². The van der Waals surface area contributed by atoms with Gasteiger partial charge in [0, 0.05) is 37.1 Å². The van der Waals surface area contributed by atoms with Crippen molar-refractivity contribution in [1.82, 2.24) is 15.0 Å². The molecule has 0 bridgehead atoms. The van der Waals surface area contributed by atoms with Crippen LogP contribution in [0.15, 0.2) is 24.7 Å². The number of aromatic nitrogens is 3. The highest BCUT2D eigenvalue weighted by Gasteiger charge is 2.32. The van der Waals surface area contributed by atoms with Crippen LogP contribution in [-0.2, 0) is 11.3 Å². The highest BCUT2D eigenvalue weighted by molar-refractivity contribution is 5.99. The Hall–Kier alpha value is -2.50. The Morgan fingerprint density at radius 2 is 2.05 bits per heavy atom. The first-order valence-electron chi connectivity index (χ1n) is 7.05. The minimum Gasteiger partial charge on any atom is -0.365 e. The van der Waals surface area contributed by atoms with Crippen LogP contribution >= 0.6 is 0 Å². The number of nitrogens with one attached hydrogen (secondary N) is 1. The van der Waals surface area contributed by atoms with Gasteiger partial charge in [0.05, 0.1) is 23.6 Å². The molecule has 1 aliphatic heterocycles. The second kappa shape index (κ2) is 4.51. The average molecular weight is 281 g/mol. The first kappa shape index (κ1) is 12.3. The maximum Gasteiger partial charge on any atom is 0.228 e. The zero-order chi connectivity index (χ0) is 14.4. The molecular formula is C15H15N5O. The first-order valence-corrected chi connectivity index (χ1v) is 7.05. The molecule has 2 aliphatic rings. The van der Waals surface area contributed by atoms with Crippen LogP contribution in [0.1, 0.15) is 18.5 Å². The van der Waals surface area contributed by atoms with Crippen LogP contribution in [0.25, 0.3) is 11.3 Å². The molecule has 2 aromatic rings. The molecule has 1 fully saturated rings. The third-order valence-corrected chi connectivity index (χ3v) is 3.91. The molecule has 0 aromatic carbocycles. The number of amides is 1. The highest BCUT2D eigenvalue weighted by atomic mass is 16.2. The maximum atomic E-state index is 12.0. The Morgan fingerprint density at radius 1 is 1.24 bits per heavy atom. The van der Waals surface area contributed by atoms with Gasteiger partial charge in [0.15, 0.2) is 5.82 Å². The van der Waals surface area contributed by atoms with E-state index in [0.29, 0.717) is 12.4 Å². The predicted octanol–water partition coefficient (Wildman–Crippen LogP) is 1.84. The van der Waals surface area contributed by atoms with Crippen molar-refractivity contribution in [2.75, 3.05) is 17.3 Å². The summed E-state index contributed by atoms with van der Waals surface area (Å²) >= 11 is 0. The Kier molecular flexibility index (Phi) is 2.63. The molecule has 6 heteroatoms. The van der Waals surface area contributed by atoms with E-state index in [1.165, 1.54) is 0 Å². The van der Waals surface area contributed by atoms with Gasteiger partial charge in [-0.05, 0) is 18.9 Å². The molecule has 1 aliphatic carbocycles. The Labute approximate surface area is 122 Å². The van der Waals surface area contributed by atoms with Gasteiger partial charge in [-0.15, -0.1) is 0 Å². The van der Waals surface area contributed by atoms with Crippen LogP contribution < -0.4 is 10.2 Å². The summed E-state index contributed by atoms with van der Waals surface area (Å²) < 4.78 is 0. The standard InChI is InChI=1S/C15H15N5O/c1-20-8-11-12(17-7-6-16-11)10-4-5-18-14(13(10)20)19-15(21)9-2-3-9/h4-7,9H,2-3,8H2,1H3,(H,18,19,21). The number of anilines is 2. The summed E-state index contributed by atoms with van der Waals surface area (Å²) in [4.78, 5) is 27.2. The molecule has 2 aromatic heterocycles. The normalized spacial score (nSPS) is 16.1. The number of hydrogen-bond acceptors (Lipinski definition) is 5. The van der Waals surface area contributed by atoms with Crippen molar-refractivity contribution < 1.29 is 4.79 Å². The van der Waals surface area contributed by atoms with Crippen LogP contribution in [0.2, 0.25) is 0 Å². The summed E-state index contributed by atoms with van der Waals surface area (Å²) in [6, 6.07) is 1.92. The number of carbonyl (C=O) groups excluding carboxylic acids is 1. The molecule has 0 radical (unpaired) electrons. The first-order chi connectivity index (χ1) is 10.2. The lowest BCUT2D eigenvalue weighted by Crippen LogP contribution is -2.26. The van der Waals surface area contributed by atoms with E-state index in [9.17, 15) is 4.79 Å². The molecule has 0 atom stereocenters. The van der Waals surface area contributed by atoms with Crippen LogP contribution in [0.3, 0.4) is 0 Å². The van der Waals surface area contributed by atoms with Crippen LogP contribution in [0.4, 0.5) is 11.5 Å². The average Bonchev–Trinajstić information content (AvgIpc) is 3.32. The van der Waals surface area contributed by atoms with Gasteiger partial charge < -0.3 is 10.2 Å². The lowest BCUT2D eigenvalue weighted by Gasteiger charge is -2.29.